The Bertz CT molecular complexity index is 385. The molecule has 0 radical (unpaired) electrons. The lowest BCUT2D eigenvalue weighted by molar-refractivity contribution is -0.120. The average Bonchev–Trinajstić information content (AvgIpc) is 2.26. The highest BCUT2D eigenvalue weighted by atomic mass is 79.9. The van der Waals surface area contributed by atoms with Gasteiger partial charge in [-0.2, -0.15) is 8.78 Å². The molecule has 0 heterocycles. The molecule has 0 spiro atoms. The molecule has 1 aromatic carbocycles. The highest BCUT2D eigenvalue weighted by Crippen LogP contribution is 2.28. The summed E-state index contributed by atoms with van der Waals surface area (Å²) in [6, 6.07) is 5.85. The topological polar surface area (TPSA) is 29.1 Å². The maximum absolute atomic E-state index is 13.6. The van der Waals surface area contributed by atoms with Crippen LogP contribution in [0.1, 0.15) is 5.56 Å². The molecular weight excluding hydrogens is 348 g/mol. The molecule has 1 amide bonds. The highest BCUT2D eigenvalue weighted by molar-refractivity contribution is 9.10. The Kier molecular flexibility index (Phi) is 4.86. The van der Waals surface area contributed by atoms with Gasteiger partial charge in [0.05, 0.1) is 11.9 Å². The fraction of sp³-hybridized carbons (Fsp3) is 0.300. The quantitative estimate of drug-likeness (QED) is 0.825. The largest absolute Gasteiger partial charge is 0.349 e. The van der Waals surface area contributed by atoms with Crippen LogP contribution in [-0.4, -0.2) is 17.8 Å². The minimum Gasteiger partial charge on any atom is -0.349 e. The van der Waals surface area contributed by atoms with Crippen LogP contribution < -0.4 is 5.32 Å². The zero-order valence-corrected chi connectivity index (χ0v) is 11.3. The van der Waals surface area contributed by atoms with E-state index >= 15 is 0 Å². The van der Waals surface area contributed by atoms with Crippen LogP contribution in [0.5, 0.6) is 0 Å². The summed E-state index contributed by atoms with van der Waals surface area (Å²) in [6.45, 7) is -0.701. The molecule has 1 aromatic rings. The van der Waals surface area contributed by atoms with Crippen molar-refractivity contribution in [1.82, 2.24) is 5.32 Å². The molecule has 0 aromatic heterocycles. The fourth-order valence-electron chi connectivity index (χ4n) is 1.07. The van der Waals surface area contributed by atoms with E-state index in [0.29, 0.717) is 4.47 Å². The van der Waals surface area contributed by atoms with Crippen molar-refractivity contribution in [3.8, 4) is 0 Å². The molecule has 16 heavy (non-hydrogen) atoms. The molecule has 0 aliphatic carbocycles. The number of nitrogens with one attached hydrogen (secondary N) is 1. The minimum atomic E-state index is -3.07. The van der Waals surface area contributed by atoms with E-state index in [1.165, 1.54) is 18.2 Å². The molecule has 0 saturated carbocycles. The number of hydrogen-bond donors (Lipinski definition) is 1. The van der Waals surface area contributed by atoms with Gasteiger partial charge in [0, 0.05) is 10.0 Å². The van der Waals surface area contributed by atoms with Crippen molar-refractivity contribution < 1.29 is 13.6 Å². The molecule has 1 N–H and O–H groups in total. The lowest BCUT2D eigenvalue weighted by Gasteiger charge is -2.17. The smallest absolute Gasteiger partial charge is 0.290 e. The van der Waals surface area contributed by atoms with Crippen LogP contribution in [0.4, 0.5) is 8.78 Å². The van der Waals surface area contributed by atoms with Crippen molar-refractivity contribution in [1.29, 1.82) is 0 Å². The van der Waals surface area contributed by atoms with Gasteiger partial charge in [0.15, 0.2) is 0 Å². The van der Waals surface area contributed by atoms with Crippen LogP contribution in [0.25, 0.3) is 0 Å². The standard InChI is InChI=1S/C10H9Br2F2NO/c11-5-9(16)15-6-10(13,14)7-2-1-3-8(12)4-7/h1-4H,5-6H2,(H,15,16). The van der Waals surface area contributed by atoms with Gasteiger partial charge in [-0.05, 0) is 12.1 Å². The number of rotatable bonds is 4. The molecule has 0 fully saturated rings. The number of halogens is 4. The van der Waals surface area contributed by atoms with E-state index in [4.69, 9.17) is 0 Å². The molecule has 0 unspecified atom stereocenters. The molecule has 0 aliphatic heterocycles. The third-order valence-electron chi connectivity index (χ3n) is 1.88. The molecule has 0 aliphatic rings. The molecule has 6 heteroatoms. The predicted molar refractivity (Wildman–Crippen MR) is 64.8 cm³/mol. The zero-order valence-electron chi connectivity index (χ0n) is 8.14. The van der Waals surface area contributed by atoms with Crippen LogP contribution >= 0.6 is 31.9 Å². The summed E-state index contributed by atoms with van der Waals surface area (Å²) in [5, 5.41) is 2.15. The zero-order chi connectivity index (χ0) is 12.2. The molecule has 0 atom stereocenters. The first-order valence-corrected chi connectivity index (χ1v) is 6.33. The van der Waals surface area contributed by atoms with Crippen LogP contribution in [0.2, 0.25) is 0 Å². The Morgan fingerprint density at radius 3 is 2.69 bits per heavy atom. The Hall–Kier alpha value is -0.490. The number of benzene rings is 1. The monoisotopic (exact) mass is 355 g/mol. The van der Waals surface area contributed by atoms with Crippen LogP contribution in [-0.2, 0) is 10.7 Å². The lowest BCUT2D eigenvalue weighted by Crippen LogP contribution is -2.35. The van der Waals surface area contributed by atoms with Crippen LogP contribution in [0.3, 0.4) is 0 Å². The molecular formula is C10H9Br2F2NO. The van der Waals surface area contributed by atoms with Crippen molar-refractivity contribution >= 4 is 37.8 Å². The van der Waals surface area contributed by atoms with Crippen molar-refractivity contribution in [2.75, 3.05) is 11.9 Å². The number of hydrogen-bond acceptors (Lipinski definition) is 1. The highest BCUT2D eigenvalue weighted by Gasteiger charge is 2.31. The summed E-state index contributed by atoms with van der Waals surface area (Å²) in [6.07, 6.45) is 0. The molecule has 2 nitrogen and oxygen atoms in total. The van der Waals surface area contributed by atoms with Crippen LogP contribution in [0, 0.1) is 0 Å². The van der Waals surface area contributed by atoms with Crippen molar-refractivity contribution in [2.24, 2.45) is 0 Å². The first-order valence-electron chi connectivity index (χ1n) is 4.42. The molecule has 0 bridgehead atoms. The Morgan fingerprint density at radius 2 is 2.12 bits per heavy atom. The second kappa shape index (κ2) is 5.72. The van der Waals surface area contributed by atoms with E-state index in [0.717, 1.165) is 0 Å². The third kappa shape index (κ3) is 3.83. The number of carbonyl (C=O) groups is 1. The maximum Gasteiger partial charge on any atom is 0.290 e. The van der Waals surface area contributed by atoms with E-state index < -0.39 is 18.4 Å². The van der Waals surface area contributed by atoms with Gasteiger partial charge in [0.1, 0.15) is 0 Å². The summed E-state index contributed by atoms with van der Waals surface area (Å²) >= 11 is 6.01. The van der Waals surface area contributed by atoms with E-state index in [1.807, 2.05) is 0 Å². The Labute approximate surface area is 109 Å². The normalized spacial score (nSPS) is 11.2. The maximum atomic E-state index is 13.6. The summed E-state index contributed by atoms with van der Waals surface area (Å²) in [4.78, 5) is 10.9. The van der Waals surface area contributed by atoms with Gasteiger partial charge in [0.25, 0.3) is 5.92 Å². The molecule has 1 rings (SSSR count). The average molecular weight is 357 g/mol. The first kappa shape index (κ1) is 13.6. The van der Waals surface area contributed by atoms with E-state index in [1.54, 1.807) is 6.07 Å². The lowest BCUT2D eigenvalue weighted by atomic mass is 10.1. The van der Waals surface area contributed by atoms with Crippen molar-refractivity contribution in [2.45, 2.75) is 5.92 Å². The number of amides is 1. The Morgan fingerprint density at radius 1 is 1.44 bits per heavy atom. The summed E-state index contributed by atoms with van der Waals surface area (Å²) < 4.78 is 27.7. The molecule has 0 saturated heterocycles. The Balaban J connectivity index is 2.73. The van der Waals surface area contributed by atoms with Gasteiger partial charge >= 0.3 is 0 Å². The van der Waals surface area contributed by atoms with E-state index in [9.17, 15) is 13.6 Å². The van der Waals surface area contributed by atoms with Gasteiger partial charge in [-0.3, -0.25) is 4.79 Å². The van der Waals surface area contributed by atoms with Crippen molar-refractivity contribution in [3.05, 3.63) is 34.3 Å². The fourth-order valence-corrected chi connectivity index (χ4v) is 1.67. The minimum absolute atomic E-state index is 0.0154. The molecule has 88 valence electrons. The van der Waals surface area contributed by atoms with E-state index in [2.05, 4.69) is 37.2 Å². The van der Waals surface area contributed by atoms with Crippen molar-refractivity contribution in [3.63, 3.8) is 0 Å². The van der Waals surface area contributed by atoms with Crippen LogP contribution in [0.15, 0.2) is 28.7 Å². The summed E-state index contributed by atoms with van der Waals surface area (Å²) in [5.41, 5.74) is -0.128. The second-order valence-electron chi connectivity index (χ2n) is 3.13. The van der Waals surface area contributed by atoms with Gasteiger partial charge in [0.2, 0.25) is 5.91 Å². The number of carbonyl (C=O) groups excluding carboxylic acids is 1. The SMILES string of the molecule is O=C(CBr)NCC(F)(F)c1cccc(Br)c1. The summed E-state index contributed by atoms with van der Waals surface area (Å²) in [7, 11) is 0. The van der Waals surface area contributed by atoms with Gasteiger partial charge in [-0.25, -0.2) is 0 Å². The predicted octanol–water partition coefficient (Wildman–Crippen LogP) is 3.05. The summed E-state index contributed by atoms with van der Waals surface area (Å²) in [5.74, 6) is -3.53. The third-order valence-corrected chi connectivity index (χ3v) is 2.88. The first-order chi connectivity index (χ1) is 7.45. The van der Waals surface area contributed by atoms with Gasteiger partial charge in [-0.15, -0.1) is 0 Å². The van der Waals surface area contributed by atoms with Gasteiger partial charge in [-0.1, -0.05) is 44.0 Å². The van der Waals surface area contributed by atoms with Gasteiger partial charge < -0.3 is 5.32 Å². The second-order valence-corrected chi connectivity index (χ2v) is 4.60. The van der Waals surface area contributed by atoms with E-state index in [-0.39, 0.29) is 10.9 Å². The number of alkyl halides is 3.